The molecule has 0 aliphatic carbocycles. The van der Waals surface area contributed by atoms with E-state index in [2.05, 4.69) is 10.3 Å². The Hall–Kier alpha value is -2.89. The van der Waals surface area contributed by atoms with Crippen molar-refractivity contribution in [2.75, 3.05) is 13.1 Å². The molecule has 2 rings (SSSR count). The van der Waals surface area contributed by atoms with Crippen molar-refractivity contribution >= 4 is 12.0 Å². The van der Waals surface area contributed by atoms with Gasteiger partial charge in [-0.1, -0.05) is 18.2 Å². The van der Waals surface area contributed by atoms with Crippen LogP contribution in [0.5, 0.6) is 0 Å². The highest BCUT2D eigenvalue weighted by Gasteiger charge is 2.12. The number of nitrogens with zero attached hydrogens (tertiary/aromatic N) is 2. The van der Waals surface area contributed by atoms with E-state index in [0.717, 1.165) is 16.7 Å². The Bertz CT molecular complexity index is 689. The zero-order chi connectivity index (χ0) is 17.4. The molecule has 0 atom stereocenters. The third-order valence-electron chi connectivity index (χ3n) is 3.60. The van der Waals surface area contributed by atoms with Crippen molar-refractivity contribution in [3.63, 3.8) is 0 Å². The largest absolute Gasteiger partial charge is 0.481 e. The number of urea groups is 1. The van der Waals surface area contributed by atoms with Crippen LogP contribution >= 0.6 is 0 Å². The van der Waals surface area contributed by atoms with Gasteiger partial charge in [-0.2, -0.15) is 0 Å². The molecule has 6 nitrogen and oxygen atoms in total. The Morgan fingerprint density at radius 2 is 1.92 bits per heavy atom. The molecule has 1 aromatic heterocycles. The lowest BCUT2D eigenvalue weighted by atomic mass is 10.0. The van der Waals surface area contributed by atoms with Crippen molar-refractivity contribution in [3.8, 4) is 11.1 Å². The van der Waals surface area contributed by atoms with Gasteiger partial charge in [0.15, 0.2) is 0 Å². The summed E-state index contributed by atoms with van der Waals surface area (Å²) < 4.78 is 0. The quantitative estimate of drug-likeness (QED) is 0.819. The summed E-state index contributed by atoms with van der Waals surface area (Å²) in [5.41, 5.74) is 3.15. The molecule has 126 valence electrons. The SMILES string of the molecule is CCN(Cc1cccc(-c2ccncc2)c1)C(=O)NCCC(=O)O. The minimum atomic E-state index is -0.927. The standard InChI is InChI=1S/C18H21N3O3/c1-2-21(18(24)20-11-8-17(22)23)13-14-4-3-5-16(12-14)15-6-9-19-10-7-15/h3-7,9-10,12H,2,8,11,13H2,1H3,(H,20,24)(H,22,23). The normalized spacial score (nSPS) is 10.2. The minimum absolute atomic E-state index is 0.0825. The molecule has 0 radical (unpaired) electrons. The van der Waals surface area contributed by atoms with E-state index in [0.29, 0.717) is 13.1 Å². The summed E-state index contributed by atoms with van der Waals surface area (Å²) in [6.07, 6.45) is 3.41. The van der Waals surface area contributed by atoms with E-state index in [1.807, 2.05) is 43.3 Å². The molecule has 0 aliphatic rings. The van der Waals surface area contributed by atoms with Crippen LogP contribution in [0.1, 0.15) is 18.9 Å². The first-order valence-corrected chi connectivity index (χ1v) is 7.84. The maximum Gasteiger partial charge on any atom is 0.317 e. The summed E-state index contributed by atoms with van der Waals surface area (Å²) in [5, 5.41) is 11.3. The first kappa shape index (κ1) is 17.5. The number of benzene rings is 1. The number of carboxylic acid groups (broad SMARTS) is 1. The molecule has 0 fully saturated rings. The molecule has 2 N–H and O–H groups in total. The third-order valence-corrected chi connectivity index (χ3v) is 3.60. The lowest BCUT2D eigenvalue weighted by Crippen LogP contribution is -2.40. The molecule has 24 heavy (non-hydrogen) atoms. The van der Waals surface area contributed by atoms with E-state index >= 15 is 0 Å². The lowest BCUT2D eigenvalue weighted by molar-refractivity contribution is -0.136. The van der Waals surface area contributed by atoms with Crippen LogP contribution in [0.25, 0.3) is 11.1 Å². The van der Waals surface area contributed by atoms with E-state index in [1.54, 1.807) is 17.3 Å². The van der Waals surface area contributed by atoms with Crippen LogP contribution in [-0.4, -0.2) is 40.1 Å². The Labute approximate surface area is 141 Å². The van der Waals surface area contributed by atoms with Gasteiger partial charge in [-0.3, -0.25) is 9.78 Å². The monoisotopic (exact) mass is 327 g/mol. The number of pyridine rings is 1. The van der Waals surface area contributed by atoms with Gasteiger partial charge in [-0.15, -0.1) is 0 Å². The zero-order valence-electron chi connectivity index (χ0n) is 13.6. The maximum absolute atomic E-state index is 12.1. The molecule has 0 bridgehead atoms. The summed E-state index contributed by atoms with van der Waals surface area (Å²) in [6, 6.07) is 11.6. The Morgan fingerprint density at radius 3 is 2.58 bits per heavy atom. The number of rotatable bonds is 7. The molecule has 0 saturated carbocycles. The summed E-state index contributed by atoms with van der Waals surface area (Å²) in [4.78, 5) is 28.3. The predicted molar refractivity (Wildman–Crippen MR) is 91.4 cm³/mol. The first-order chi connectivity index (χ1) is 11.6. The van der Waals surface area contributed by atoms with E-state index in [-0.39, 0.29) is 19.0 Å². The average molecular weight is 327 g/mol. The van der Waals surface area contributed by atoms with Crippen molar-refractivity contribution < 1.29 is 14.7 Å². The smallest absolute Gasteiger partial charge is 0.317 e. The number of hydrogen-bond donors (Lipinski definition) is 2. The summed E-state index contributed by atoms with van der Waals surface area (Å²) in [6.45, 7) is 3.03. The molecule has 1 aromatic carbocycles. The van der Waals surface area contributed by atoms with Crippen LogP contribution in [0.15, 0.2) is 48.8 Å². The number of hydrogen-bond acceptors (Lipinski definition) is 3. The maximum atomic E-state index is 12.1. The van der Waals surface area contributed by atoms with E-state index < -0.39 is 5.97 Å². The van der Waals surface area contributed by atoms with Crippen LogP contribution in [0.2, 0.25) is 0 Å². The third kappa shape index (κ3) is 5.08. The number of amides is 2. The van der Waals surface area contributed by atoms with Crippen LogP contribution < -0.4 is 5.32 Å². The number of nitrogens with one attached hydrogen (secondary N) is 1. The van der Waals surface area contributed by atoms with Crippen molar-refractivity contribution in [3.05, 3.63) is 54.4 Å². The highest BCUT2D eigenvalue weighted by Crippen LogP contribution is 2.20. The van der Waals surface area contributed by atoms with Crippen molar-refractivity contribution in [2.24, 2.45) is 0 Å². The van der Waals surface area contributed by atoms with E-state index in [9.17, 15) is 9.59 Å². The fourth-order valence-corrected chi connectivity index (χ4v) is 2.33. The Morgan fingerprint density at radius 1 is 1.17 bits per heavy atom. The molecule has 0 aliphatic heterocycles. The fourth-order valence-electron chi connectivity index (χ4n) is 2.33. The van der Waals surface area contributed by atoms with Crippen LogP contribution in [-0.2, 0) is 11.3 Å². The first-order valence-electron chi connectivity index (χ1n) is 7.84. The highest BCUT2D eigenvalue weighted by atomic mass is 16.4. The summed E-state index contributed by atoms with van der Waals surface area (Å²) >= 11 is 0. The van der Waals surface area contributed by atoms with Crippen LogP contribution in [0.4, 0.5) is 4.79 Å². The predicted octanol–water partition coefficient (Wildman–Crippen LogP) is 2.75. The fraction of sp³-hybridized carbons (Fsp3) is 0.278. The number of carbonyl (C=O) groups excluding carboxylic acids is 1. The van der Waals surface area contributed by atoms with Gasteiger partial charge in [0.05, 0.1) is 6.42 Å². The second-order valence-electron chi connectivity index (χ2n) is 5.33. The van der Waals surface area contributed by atoms with Crippen molar-refractivity contribution in [1.29, 1.82) is 0 Å². The summed E-state index contributed by atoms with van der Waals surface area (Å²) in [5.74, 6) is -0.927. The molecule has 2 aromatic rings. The number of aromatic nitrogens is 1. The Balaban J connectivity index is 2.03. The van der Waals surface area contributed by atoms with Gasteiger partial charge >= 0.3 is 12.0 Å². The van der Waals surface area contributed by atoms with E-state index in [4.69, 9.17) is 5.11 Å². The van der Waals surface area contributed by atoms with E-state index in [1.165, 1.54) is 0 Å². The molecule has 0 saturated heterocycles. The van der Waals surface area contributed by atoms with Gasteiger partial charge in [0.25, 0.3) is 0 Å². The molecule has 2 amide bonds. The second-order valence-corrected chi connectivity index (χ2v) is 5.33. The van der Waals surface area contributed by atoms with Crippen LogP contribution in [0.3, 0.4) is 0 Å². The van der Waals surface area contributed by atoms with Crippen molar-refractivity contribution in [1.82, 2.24) is 15.2 Å². The number of aliphatic carboxylic acids is 1. The number of carbonyl (C=O) groups is 2. The topological polar surface area (TPSA) is 82.5 Å². The Kier molecular flexibility index (Phi) is 6.31. The van der Waals surface area contributed by atoms with Crippen LogP contribution in [0, 0.1) is 0 Å². The molecule has 1 heterocycles. The molecule has 0 unspecified atom stereocenters. The van der Waals surface area contributed by atoms with Crippen molar-refractivity contribution in [2.45, 2.75) is 19.9 Å². The average Bonchev–Trinajstić information content (AvgIpc) is 2.60. The minimum Gasteiger partial charge on any atom is -0.481 e. The molecular weight excluding hydrogens is 306 g/mol. The van der Waals surface area contributed by atoms with Gasteiger partial charge in [-0.05, 0) is 41.8 Å². The lowest BCUT2D eigenvalue weighted by Gasteiger charge is -2.21. The molecular formula is C18H21N3O3. The van der Waals surface area contributed by atoms with Gasteiger partial charge in [0.1, 0.15) is 0 Å². The van der Waals surface area contributed by atoms with Gasteiger partial charge in [0, 0.05) is 32.0 Å². The zero-order valence-corrected chi connectivity index (χ0v) is 13.6. The molecule has 0 spiro atoms. The second kappa shape index (κ2) is 8.67. The van der Waals surface area contributed by atoms with Gasteiger partial charge in [-0.25, -0.2) is 4.79 Å². The highest BCUT2D eigenvalue weighted by molar-refractivity contribution is 5.75. The van der Waals surface area contributed by atoms with Gasteiger partial charge < -0.3 is 15.3 Å². The number of carboxylic acids is 1. The van der Waals surface area contributed by atoms with Gasteiger partial charge in [0.2, 0.25) is 0 Å². The molecule has 6 heteroatoms. The summed E-state index contributed by atoms with van der Waals surface area (Å²) in [7, 11) is 0.